The Morgan fingerprint density at radius 2 is 1.82 bits per heavy atom. The molecule has 0 heterocycles. The molecule has 0 aliphatic rings. The molecule has 0 aliphatic carbocycles. The molecule has 0 aromatic rings. The first-order valence-corrected chi connectivity index (χ1v) is 6.44. The molecule has 4 nitrogen and oxygen atoms in total. The topological polar surface area (TPSA) is 72.2 Å². The van der Waals surface area contributed by atoms with Gasteiger partial charge in [0.15, 0.2) is 5.78 Å². The lowest BCUT2D eigenvalue weighted by molar-refractivity contribution is -0.128. The minimum Gasteiger partial charge on any atom is -0.346 e. The first-order chi connectivity index (χ1) is 7.86. The Kier molecular flexibility index (Phi) is 7.79. The van der Waals surface area contributed by atoms with Crippen molar-refractivity contribution in [2.45, 2.75) is 65.5 Å². The van der Waals surface area contributed by atoms with E-state index in [2.05, 4.69) is 5.32 Å². The van der Waals surface area contributed by atoms with Crippen molar-refractivity contribution in [1.29, 1.82) is 0 Å². The maximum atomic E-state index is 11.7. The molecule has 2 atom stereocenters. The van der Waals surface area contributed by atoms with E-state index >= 15 is 0 Å². The van der Waals surface area contributed by atoms with Gasteiger partial charge in [-0.25, -0.2) is 0 Å². The van der Waals surface area contributed by atoms with Crippen LogP contribution in [0.3, 0.4) is 0 Å². The Labute approximate surface area is 104 Å². The summed E-state index contributed by atoms with van der Waals surface area (Å²) in [5, 5.41) is 2.81. The molecule has 1 amide bonds. The number of hydrogen-bond acceptors (Lipinski definition) is 3. The van der Waals surface area contributed by atoms with Crippen LogP contribution < -0.4 is 11.1 Å². The molecule has 0 rings (SSSR count). The third kappa shape index (κ3) is 7.91. The normalized spacial score (nSPS) is 14.5. The van der Waals surface area contributed by atoms with Crippen molar-refractivity contribution in [2.24, 2.45) is 11.7 Å². The highest BCUT2D eigenvalue weighted by Crippen LogP contribution is 2.08. The molecular formula is C13H26N2O2. The van der Waals surface area contributed by atoms with Crippen LogP contribution in [0.2, 0.25) is 0 Å². The van der Waals surface area contributed by atoms with E-state index in [0.717, 1.165) is 0 Å². The fraction of sp³-hybridized carbons (Fsp3) is 0.846. The number of rotatable bonds is 8. The maximum Gasteiger partial charge on any atom is 0.220 e. The van der Waals surface area contributed by atoms with Gasteiger partial charge in [0.05, 0.1) is 6.04 Å². The van der Waals surface area contributed by atoms with Crippen molar-refractivity contribution >= 4 is 11.7 Å². The van der Waals surface area contributed by atoms with Gasteiger partial charge in [-0.15, -0.1) is 0 Å². The second-order valence-corrected chi connectivity index (χ2v) is 5.09. The van der Waals surface area contributed by atoms with Gasteiger partial charge in [0.25, 0.3) is 0 Å². The van der Waals surface area contributed by atoms with Gasteiger partial charge in [-0.3, -0.25) is 9.59 Å². The van der Waals surface area contributed by atoms with E-state index in [0.29, 0.717) is 31.6 Å². The highest BCUT2D eigenvalue weighted by molar-refractivity contribution is 5.88. The third-order valence-electron chi connectivity index (χ3n) is 2.61. The summed E-state index contributed by atoms with van der Waals surface area (Å²) in [6, 6.07) is -0.313. The Balaban J connectivity index is 4.22. The summed E-state index contributed by atoms with van der Waals surface area (Å²) in [5.41, 5.74) is 5.59. The summed E-state index contributed by atoms with van der Waals surface area (Å²) >= 11 is 0. The minimum absolute atomic E-state index is 0.0196. The first kappa shape index (κ1) is 16.1. The first-order valence-electron chi connectivity index (χ1n) is 6.44. The van der Waals surface area contributed by atoms with Gasteiger partial charge in [-0.05, 0) is 25.7 Å². The smallest absolute Gasteiger partial charge is 0.220 e. The number of ketones is 1. The van der Waals surface area contributed by atoms with E-state index in [1.807, 2.05) is 27.7 Å². The van der Waals surface area contributed by atoms with Crippen LogP contribution in [0.1, 0.15) is 53.4 Å². The van der Waals surface area contributed by atoms with Crippen LogP contribution in [0, 0.1) is 5.92 Å². The molecule has 3 N–H and O–H groups in total. The average Bonchev–Trinajstić information content (AvgIpc) is 2.23. The molecule has 2 unspecified atom stereocenters. The number of carbonyl (C=O) groups excluding carboxylic acids is 2. The van der Waals surface area contributed by atoms with Gasteiger partial charge in [0.1, 0.15) is 0 Å². The van der Waals surface area contributed by atoms with Crippen LogP contribution in [-0.4, -0.2) is 23.8 Å². The van der Waals surface area contributed by atoms with Crippen molar-refractivity contribution < 1.29 is 9.59 Å². The van der Waals surface area contributed by atoms with Gasteiger partial charge >= 0.3 is 0 Å². The predicted octanol–water partition coefficient (Wildman–Crippen LogP) is 1.62. The number of Topliss-reactive ketones (excluding diaryl/α,β-unsaturated/α-hetero) is 1. The zero-order valence-electron chi connectivity index (χ0n) is 11.5. The van der Waals surface area contributed by atoms with E-state index < -0.39 is 0 Å². The molecule has 17 heavy (non-hydrogen) atoms. The zero-order valence-corrected chi connectivity index (χ0v) is 11.5. The number of carbonyl (C=O) groups is 2. The highest BCUT2D eigenvalue weighted by Gasteiger charge is 2.20. The second kappa shape index (κ2) is 8.23. The molecule has 100 valence electrons. The Bertz CT molecular complexity index is 250. The van der Waals surface area contributed by atoms with E-state index in [1.54, 1.807) is 0 Å². The number of nitrogens with one attached hydrogen (secondary N) is 1. The van der Waals surface area contributed by atoms with Gasteiger partial charge in [0.2, 0.25) is 5.91 Å². The van der Waals surface area contributed by atoms with Crippen molar-refractivity contribution in [2.75, 3.05) is 0 Å². The van der Waals surface area contributed by atoms with Crippen LogP contribution in [0.25, 0.3) is 0 Å². The molecule has 0 aliphatic heterocycles. The molecule has 0 bridgehead atoms. The lowest BCUT2D eigenvalue weighted by Crippen LogP contribution is -2.41. The average molecular weight is 242 g/mol. The SMILES string of the molecule is CCC(=O)C(CC(C)C)NC(=O)CCC(C)N. The highest BCUT2D eigenvalue weighted by atomic mass is 16.2. The Morgan fingerprint density at radius 1 is 1.24 bits per heavy atom. The van der Waals surface area contributed by atoms with Crippen LogP contribution in [0.5, 0.6) is 0 Å². The standard InChI is InChI=1S/C13H26N2O2/c1-5-12(16)11(8-9(2)3)15-13(17)7-6-10(4)14/h9-11H,5-8,14H2,1-4H3,(H,15,17). The van der Waals surface area contributed by atoms with E-state index in [1.165, 1.54) is 0 Å². The van der Waals surface area contributed by atoms with Gasteiger partial charge < -0.3 is 11.1 Å². The Hall–Kier alpha value is -0.900. The summed E-state index contributed by atoms with van der Waals surface area (Å²) in [4.78, 5) is 23.3. The number of nitrogens with two attached hydrogens (primary N) is 1. The predicted molar refractivity (Wildman–Crippen MR) is 69.6 cm³/mol. The van der Waals surface area contributed by atoms with E-state index in [9.17, 15) is 9.59 Å². The molecule has 0 aromatic carbocycles. The summed E-state index contributed by atoms with van der Waals surface area (Å²) in [7, 11) is 0. The van der Waals surface area contributed by atoms with Crippen LogP contribution in [0.4, 0.5) is 0 Å². The summed E-state index contributed by atoms with van der Waals surface area (Å²) in [5.74, 6) is 0.423. The van der Waals surface area contributed by atoms with Crippen molar-refractivity contribution in [1.82, 2.24) is 5.32 Å². The van der Waals surface area contributed by atoms with Gasteiger partial charge in [-0.1, -0.05) is 20.8 Å². The fourth-order valence-corrected chi connectivity index (χ4v) is 1.61. The van der Waals surface area contributed by atoms with Crippen LogP contribution >= 0.6 is 0 Å². The minimum atomic E-state index is -0.333. The van der Waals surface area contributed by atoms with Crippen molar-refractivity contribution in [3.8, 4) is 0 Å². The molecule has 0 saturated heterocycles. The van der Waals surface area contributed by atoms with Crippen LogP contribution in [-0.2, 0) is 9.59 Å². The van der Waals surface area contributed by atoms with Gasteiger partial charge in [0, 0.05) is 18.9 Å². The fourth-order valence-electron chi connectivity index (χ4n) is 1.61. The summed E-state index contributed by atoms with van der Waals surface area (Å²) in [6.45, 7) is 7.79. The molecule has 0 aromatic heterocycles. The zero-order chi connectivity index (χ0) is 13.4. The lowest BCUT2D eigenvalue weighted by atomic mass is 9.98. The molecule has 4 heteroatoms. The largest absolute Gasteiger partial charge is 0.346 e. The number of hydrogen-bond donors (Lipinski definition) is 2. The van der Waals surface area contributed by atoms with Crippen molar-refractivity contribution in [3.05, 3.63) is 0 Å². The molecular weight excluding hydrogens is 216 g/mol. The second-order valence-electron chi connectivity index (χ2n) is 5.09. The van der Waals surface area contributed by atoms with E-state index in [4.69, 9.17) is 5.73 Å². The Morgan fingerprint density at radius 3 is 2.24 bits per heavy atom. The molecule has 0 saturated carbocycles. The summed E-state index contributed by atoms with van der Waals surface area (Å²) in [6.07, 6.45) is 2.21. The summed E-state index contributed by atoms with van der Waals surface area (Å²) < 4.78 is 0. The maximum absolute atomic E-state index is 11.7. The molecule has 0 radical (unpaired) electrons. The van der Waals surface area contributed by atoms with Gasteiger partial charge in [-0.2, -0.15) is 0 Å². The third-order valence-corrected chi connectivity index (χ3v) is 2.61. The quantitative estimate of drug-likeness (QED) is 0.679. The molecule has 0 fully saturated rings. The monoisotopic (exact) mass is 242 g/mol. The number of amides is 1. The van der Waals surface area contributed by atoms with Crippen LogP contribution in [0.15, 0.2) is 0 Å². The van der Waals surface area contributed by atoms with E-state index in [-0.39, 0.29) is 23.8 Å². The molecule has 0 spiro atoms. The lowest BCUT2D eigenvalue weighted by Gasteiger charge is -2.19. The van der Waals surface area contributed by atoms with Crippen molar-refractivity contribution in [3.63, 3.8) is 0 Å².